The molecule has 0 aromatic carbocycles. The molecule has 88 valence electrons. The average Bonchev–Trinajstić information content (AvgIpc) is 2.16. The van der Waals surface area contributed by atoms with Crippen LogP contribution in [-0.2, 0) is 4.74 Å². The quantitative estimate of drug-likeness (QED) is 0.601. The Labute approximate surface area is 94.6 Å². The molecular formula is C13H25NO. The molecule has 0 amide bonds. The van der Waals surface area contributed by atoms with Crippen molar-refractivity contribution < 1.29 is 4.74 Å². The Balaban J connectivity index is 3.45. The summed E-state index contributed by atoms with van der Waals surface area (Å²) in [6, 6.07) is 2.32. The summed E-state index contributed by atoms with van der Waals surface area (Å²) in [7, 11) is 0. The number of unbranched alkanes of at least 4 members (excludes halogenated alkanes) is 1. The highest BCUT2D eigenvalue weighted by atomic mass is 16.5. The first-order chi connectivity index (χ1) is 6.89. The van der Waals surface area contributed by atoms with E-state index in [0.29, 0.717) is 12.0 Å². The third-order valence-corrected chi connectivity index (χ3v) is 2.82. The molecular weight excluding hydrogens is 186 g/mol. The maximum absolute atomic E-state index is 8.83. The second-order valence-electron chi connectivity index (χ2n) is 5.27. The van der Waals surface area contributed by atoms with E-state index < -0.39 is 0 Å². The van der Waals surface area contributed by atoms with Gasteiger partial charge in [-0.05, 0) is 46.0 Å². The molecule has 0 aliphatic heterocycles. The maximum Gasteiger partial charge on any atom is 0.0683 e. The van der Waals surface area contributed by atoms with Crippen LogP contribution in [0.2, 0.25) is 0 Å². The lowest BCUT2D eigenvalue weighted by Crippen LogP contribution is -2.16. The van der Waals surface area contributed by atoms with Crippen molar-refractivity contribution in [1.29, 1.82) is 5.26 Å². The Morgan fingerprint density at radius 3 is 2.27 bits per heavy atom. The lowest BCUT2D eigenvalue weighted by Gasteiger charge is -2.17. The van der Waals surface area contributed by atoms with Crippen molar-refractivity contribution in [1.82, 2.24) is 0 Å². The van der Waals surface area contributed by atoms with Crippen molar-refractivity contribution >= 4 is 0 Å². The maximum atomic E-state index is 8.83. The number of nitrogens with zero attached hydrogens (tertiary/aromatic N) is 1. The molecule has 0 heterocycles. The largest absolute Gasteiger partial charge is 0.378 e. The smallest absolute Gasteiger partial charge is 0.0683 e. The van der Waals surface area contributed by atoms with Crippen molar-refractivity contribution in [3.63, 3.8) is 0 Å². The Kier molecular flexibility index (Phi) is 6.60. The molecule has 15 heavy (non-hydrogen) atoms. The van der Waals surface area contributed by atoms with E-state index in [0.717, 1.165) is 25.9 Å². The first kappa shape index (κ1) is 14.5. The first-order valence-electron chi connectivity index (χ1n) is 5.92. The Bertz CT molecular complexity index is 203. The molecule has 0 saturated carbocycles. The SMILES string of the molecule is CC(C)C(C)OCCCCC(C)(C)C#N. The van der Waals surface area contributed by atoms with Crippen LogP contribution < -0.4 is 0 Å². The highest BCUT2D eigenvalue weighted by Gasteiger charge is 2.15. The molecule has 0 aliphatic rings. The van der Waals surface area contributed by atoms with Gasteiger partial charge in [-0.3, -0.25) is 0 Å². The average molecular weight is 211 g/mol. The van der Waals surface area contributed by atoms with Crippen LogP contribution in [-0.4, -0.2) is 12.7 Å². The molecule has 0 saturated heterocycles. The molecule has 0 rings (SSSR count). The number of nitriles is 1. The van der Waals surface area contributed by atoms with E-state index >= 15 is 0 Å². The number of hydrogen-bond acceptors (Lipinski definition) is 2. The Hall–Kier alpha value is -0.550. The third-order valence-electron chi connectivity index (χ3n) is 2.82. The summed E-state index contributed by atoms with van der Waals surface area (Å²) < 4.78 is 5.67. The molecule has 0 spiro atoms. The highest BCUT2D eigenvalue weighted by Crippen LogP contribution is 2.21. The summed E-state index contributed by atoms with van der Waals surface area (Å²) in [6.07, 6.45) is 3.44. The van der Waals surface area contributed by atoms with Gasteiger partial charge in [0.25, 0.3) is 0 Å². The molecule has 2 nitrogen and oxygen atoms in total. The van der Waals surface area contributed by atoms with Gasteiger partial charge in [-0.15, -0.1) is 0 Å². The minimum absolute atomic E-state index is 0.177. The molecule has 0 radical (unpaired) electrons. The number of rotatable bonds is 7. The van der Waals surface area contributed by atoms with Gasteiger partial charge in [-0.1, -0.05) is 13.8 Å². The van der Waals surface area contributed by atoms with Crippen molar-refractivity contribution in [3.05, 3.63) is 0 Å². The lowest BCUT2D eigenvalue weighted by atomic mass is 9.89. The minimum Gasteiger partial charge on any atom is -0.378 e. The van der Waals surface area contributed by atoms with Gasteiger partial charge in [-0.2, -0.15) is 5.26 Å². The van der Waals surface area contributed by atoms with Crippen LogP contribution in [0.5, 0.6) is 0 Å². The van der Waals surface area contributed by atoms with Crippen molar-refractivity contribution in [2.75, 3.05) is 6.61 Å². The molecule has 0 N–H and O–H groups in total. The fourth-order valence-corrected chi connectivity index (χ4v) is 1.19. The first-order valence-corrected chi connectivity index (χ1v) is 5.92. The molecule has 0 fully saturated rings. The van der Waals surface area contributed by atoms with Crippen LogP contribution in [0.15, 0.2) is 0 Å². The van der Waals surface area contributed by atoms with Crippen molar-refractivity contribution in [3.8, 4) is 6.07 Å². The van der Waals surface area contributed by atoms with Gasteiger partial charge in [0.15, 0.2) is 0 Å². The van der Waals surface area contributed by atoms with E-state index in [-0.39, 0.29) is 5.41 Å². The topological polar surface area (TPSA) is 33.0 Å². The van der Waals surface area contributed by atoms with Gasteiger partial charge >= 0.3 is 0 Å². The third kappa shape index (κ3) is 7.39. The molecule has 0 aliphatic carbocycles. The van der Waals surface area contributed by atoms with Gasteiger partial charge in [-0.25, -0.2) is 0 Å². The van der Waals surface area contributed by atoms with E-state index in [9.17, 15) is 0 Å². The molecule has 1 atom stereocenters. The van der Waals surface area contributed by atoms with Crippen LogP contribution in [0.25, 0.3) is 0 Å². The predicted molar refractivity (Wildman–Crippen MR) is 63.5 cm³/mol. The second kappa shape index (κ2) is 6.85. The van der Waals surface area contributed by atoms with Crippen LogP contribution in [0.3, 0.4) is 0 Å². The van der Waals surface area contributed by atoms with Crippen molar-refractivity contribution in [2.45, 2.75) is 60.0 Å². The minimum atomic E-state index is -0.177. The summed E-state index contributed by atoms with van der Waals surface area (Å²) in [5.74, 6) is 0.584. The monoisotopic (exact) mass is 211 g/mol. The van der Waals surface area contributed by atoms with E-state index in [1.165, 1.54) is 0 Å². The summed E-state index contributed by atoms with van der Waals surface area (Å²) >= 11 is 0. The van der Waals surface area contributed by atoms with Crippen LogP contribution >= 0.6 is 0 Å². The number of hydrogen-bond donors (Lipinski definition) is 0. The second-order valence-corrected chi connectivity index (χ2v) is 5.27. The molecule has 0 bridgehead atoms. The van der Waals surface area contributed by atoms with E-state index in [2.05, 4.69) is 26.8 Å². The summed E-state index contributed by atoms with van der Waals surface area (Å²) in [5.41, 5.74) is -0.177. The van der Waals surface area contributed by atoms with E-state index in [4.69, 9.17) is 10.00 Å². The van der Waals surface area contributed by atoms with E-state index in [1.807, 2.05) is 13.8 Å². The molecule has 0 aromatic rings. The van der Waals surface area contributed by atoms with Gasteiger partial charge in [0.1, 0.15) is 0 Å². The lowest BCUT2D eigenvalue weighted by molar-refractivity contribution is 0.0326. The summed E-state index contributed by atoms with van der Waals surface area (Å²) in [4.78, 5) is 0. The molecule has 2 heteroatoms. The fourth-order valence-electron chi connectivity index (χ4n) is 1.19. The Morgan fingerprint density at radius 1 is 1.20 bits per heavy atom. The van der Waals surface area contributed by atoms with Crippen molar-refractivity contribution in [2.24, 2.45) is 11.3 Å². The molecule has 1 unspecified atom stereocenters. The summed E-state index contributed by atoms with van der Waals surface area (Å²) in [6.45, 7) is 11.3. The standard InChI is InChI=1S/C13H25NO/c1-11(2)12(3)15-9-7-6-8-13(4,5)10-14/h11-12H,6-9H2,1-5H3. The zero-order chi connectivity index (χ0) is 11.9. The zero-order valence-corrected chi connectivity index (χ0v) is 10.8. The van der Waals surface area contributed by atoms with Crippen LogP contribution in [0.1, 0.15) is 53.9 Å². The normalized spacial score (nSPS) is 13.9. The van der Waals surface area contributed by atoms with E-state index in [1.54, 1.807) is 0 Å². The zero-order valence-electron chi connectivity index (χ0n) is 10.8. The Morgan fingerprint density at radius 2 is 1.80 bits per heavy atom. The highest BCUT2D eigenvalue weighted by molar-refractivity contribution is 4.91. The van der Waals surface area contributed by atoms with Crippen LogP contribution in [0, 0.1) is 22.7 Å². The summed E-state index contributed by atoms with van der Waals surface area (Å²) in [5, 5.41) is 8.83. The van der Waals surface area contributed by atoms with Gasteiger partial charge in [0.05, 0.1) is 17.6 Å². The number of ether oxygens (including phenoxy) is 1. The van der Waals surface area contributed by atoms with Gasteiger partial charge in [0.2, 0.25) is 0 Å². The van der Waals surface area contributed by atoms with Gasteiger partial charge < -0.3 is 4.74 Å². The molecule has 0 aromatic heterocycles. The fraction of sp³-hybridized carbons (Fsp3) is 0.923. The van der Waals surface area contributed by atoms with Crippen LogP contribution in [0.4, 0.5) is 0 Å². The van der Waals surface area contributed by atoms with Gasteiger partial charge in [0, 0.05) is 6.61 Å². The predicted octanol–water partition coefficient (Wildman–Crippen LogP) is 3.77.